The summed E-state index contributed by atoms with van der Waals surface area (Å²) in [6.45, 7) is 6.45. The van der Waals surface area contributed by atoms with Crippen LogP contribution in [0.25, 0.3) is 0 Å². The van der Waals surface area contributed by atoms with Crippen molar-refractivity contribution in [3.05, 3.63) is 29.3 Å². The highest BCUT2D eigenvalue weighted by molar-refractivity contribution is 5.78. The van der Waals surface area contributed by atoms with Gasteiger partial charge < -0.3 is 14.5 Å². The van der Waals surface area contributed by atoms with Gasteiger partial charge in [-0.2, -0.15) is 0 Å². The van der Waals surface area contributed by atoms with E-state index in [4.69, 9.17) is 4.74 Å². The lowest BCUT2D eigenvalue weighted by Crippen LogP contribution is -2.49. The summed E-state index contributed by atoms with van der Waals surface area (Å²) in [5.41, 5.74) is 2.35. The molecule has 1 saturated heterocycles. The topological polar surface area (TPSA) is 49.9 Å². The SMILES string of the molecule is Cc1ccc(OCC(=O)N2CCN(C=O)CC2)cc1C. The average molecular weight is 276 g/mol. The molecule has 2 amide bonds. The molecule has 0 bridgehead atoms. The lowest BCUT2D eigenvalue weighted by atomic mass is 10.1. The first-order valence-electron chi connectivity index (χ1n) is 6.77. The summed E-state index contributed by atoms with van der Waals surface area (Å²) in [5, 5.41) is 0. The Hall–Kier alpha value is -2.04. The van der Waals surface area contributed by atoms with Gasteiger partial charge in [0.15, 0.2) is 6.61 Å². The molecule has 5 nitrogen and oxygen atoms in total. The van der Waals surface area contributed by atoms with Gasteiger partial charge in [0.05, 0.1) is 0 Å². The van der Waals surface area contributed by atoms with Gasteiger partial charge >= 0.3 is 0 Å². The van der Waals surface area contributed by atoms with Gasteiger partial charge in [0.25, 0.3) is 5.91 Å². The Labute approximate surface area is 119 Å². The Balaban J connectivity index is 1.83. The van der Waals surface area contributed by atoms with Crippen LogP contribution in [-0.4, -0.2) is 54.9 Å². The second-order valence-corrected chi connectivity index (χ2v) is 5.06. The van der Waals surface area contributed by atoms with Crippen molar-refractivity contribution in [1.29, 1.82) is 0 Å². The highest BCUT2D eigenvalue weighted by atomic mass is 16.5. The monoisotopic (exact) mass is 276 g/mol. The molecule has 2 rings (SSSR count). The van der Waals surface area contributed by atoms with Crippen molar-refractivity contribution in [2.24, 2.45) is 0 Å². The molecule has 1 aromatic carbocycles. The van der Waals surface area contributed by atoms with E-state index in [0.29, 0.717) is 31.9 Å². The van der Waals surface area contributed by atoms with E-state index in [1.54, 1.807) is 9.80 Å². The highest BCUT2D eigenvalue weighted by Crippen LogP contribution is 2.16. The molecule has 5 heteroatoms. The number of hydrogen-bond acceptors (Lipinski definition) is 3. The molecule has 0 unspecified atom stereocenters. The molecule has 0 saturated carbocycles. The van der Waals surface area contributed by atoms with Crippen molar-refractivity contribution < 1.29 is 14.3 Å². The first kappa shape index (κ1) is 14.4. The number of nitrogens with zero attached hydrogens (tertiary/aromatic N) is 2. The zero-order valence-electron chi connectivity index (χ0n) is 12.0. The summed E-state index contributed by atoms with van der Waals surface area (Å²) < 4.78 is 5.54. The fraction of sp³-hybridized carbons (Fsp3) is 0.467. The molecule has 1 aliphatic heterocycles. The molecule has 1 aliphatic rings. The maximum absolute atomic E-state index is 12.0. The van der Waals surface area contributed by atoms with Crippen LogP contribution in [-0.2, 0) is 9.59 Å². The van der Waals surface area contributed by atoms with Crippen LogP contribution in [0.2, 0.25) is 0 Å². The van der Waals surface area contributed by atoms with Crippen LogP contribution in [0.5, 0.6) is 5.75 Å². The molecule has 0 atom stereocenters. The minimum Gasteiger partial charge on any atom is -0.484 e. The van der Waals surface area contributed by atoms with Crippen LogP contribution in [0.15, 0.2) is 18.2 Å². The first-order valence-corrected chi connectivity index (χ1v) is 6.77. The Kier molecular flexibility index (Phi) is 4.61. The van der Waals surface area contributed by atoms with E-state index >= 15 is 0 Å². The Morgan fingerprint density at radius 3 is 2.50 bits per heavy atom. The fourth-order valence-corrected chi connectivity index (χ4v) is 2.12. The van der Waals surface area contributed by atoms with Crippen molar-refractivity contribution in [3.63, 3.8) is 0 Å². The summed E-state index contributed by atoms with van der Waals surface area (Å²) in [6.07, 6.45) is 0.827. The van der Waals surface area contributed by atoms with Crippen LogP contribution in [0.1, 0.15) is 11.1 Å². The number of piperazine rings is 1. The van der Waals surface area contributed by atoms with E-state index in [2.05, 4.69) is 0 Å². The number of carbonyl (C=O) groups is 2. The molecule has 0 aromatic heterocycles. The van der Waals surface area contributed by atoms with E-state index in [1.807, 2.05) is 32.0 Å². The van der Waals surface area contributed by atoms with Crippen molar-refractivity contribution in [1.82, 2.24) is 9.80 Å². The molecule has 0 radical (unpaired) electrons. The van der Waals surface area contributed by atoms with Gasteiger partial charge in [-0.05, 0) is 37.1 Å². The van der Waals surface area contributed by atoms with Crippen molar-refractivity contribution >= 4 is 12.3 Å². The van der Waals surface area contributed by atoms with Gasteiger partial charge in [0.2, 0.25) is 6.41 Å². The second-order valence-electron chi connectivity index (χ2n) is 5.06. The quantitative estimate of drug-likeness (QED) is 0.770. The summed E-state index contributed by atoms with van der Waals surface area (Å²) in [4.78, 5) is 26.0. The lowest BCUT2D eigenvalue weighted by Gasteiger charge is -2.32. The van der Waals surface area contributed by atoms with E-state index in [0.717, 1.165) is 12.0 Å². The van der Waals surface area contributed by atoms with E-state index in [1.165, 1.54) is 5.56 Å². The average Bonchev–Trinajstić information content (AvgIpc) is 2.48. The summed E-state index contributed by atoms with van der Waals surface area (Å²) in [5.74, 6) is 0.682. The number of benzene rings is 1. The van der Waals surface area contributed by atoms with Crippen LogP contribution < -0.4 is 4.74 Å². The number of rotatable bonds is 4. The molecule has 1 aromatic rings. The van der Waals surface area contributed by atoms with Gasteiger partial charge in [0.1, 0.15) is 5.75 Å². The Morgan fingerprint density at radius 2 is 1.90 bits per heavy atom. The lowest BCUT2D eigenvalue weighted by molar-refractivity contribution is -0.137. The molecule has 0 N–H and O–H groups in total. The van der Waals surface area contributed by atoms with Crippen molar-refractivity contribution in [3.8, 4) is 5.75 Å². The zero-order chi connectivity index (χ0) is 14.5. The number of ether oxygens (including phenoxy) is 1. The van der Waals surface area contributed by atoms with Gasteiger partial charge in [-0.25, -0.2) is 0 Å². The largest absolute Gasteiger partial charge is 0.484 e. The molecule has 20 heavy (non-hydrogen) atoms. The fourth-order valence-electron chi connectivity index (χ4n) is 2.12. The third-order valence-electron chi connectivity index (χ3n) is 3.66. The van der Waals surface area contributed by atoms with Crippen LogP contribution in [0.3, 0.4) is 0 Å². The normalized spacial score (nSPS) is 15.1. The van der Waals surface area contributed by atoms with Gasteiger partial charge in [-0.3, -0.25) is 9.59 Å². The Bertz CT molecular complexity index is 494. The van der Waals surface area contributed by atoms with E-state index in [-0.39, 0.29) is 12.5 Å². The molecule has 1 fully saturated rings. The molecule has 1 heterocycles. The third kappa shape index (κ3) is 3.50. The standard InChI is InChI=1S/C15H20N2O3/c1-12-3-4-14(9-13(12)2)20-10-15(19)17-7-5-16(11-18)6-8-17/h3-4,9,11H,5-8,10H2,1-2H3. The van der Waals surface area contributed by atoms with E-state index in [9.17, 15) is 9.59 Å². The highest BCUT2D eigenvalue weighted by Gasteiger charge is 2.20. The molecule has 0 aliphatic carbocycles. The van der Waals surface area contributed by atoms with Crippen molar-refractivity contribution in [2.45, 2.75) is 13.8 Å². The minimum absolute atomic E-state index is 0.0335. The molecule has 108 valence electrons. The summed E-state index contributed by atoms with van der Waals surface area (Å²) in [6, 6.07) is 5.80. The summed E-state index contributed by atoms with van der Waals surface area (Å²) in [7, 11) is 0. The summed E-state index contributed by atoms with van der Waals surface area (Å²) >= 11 is 0. The number of aryl methyl sites for hydroxylation is 2. The van der Waals surface area contributed by atoms with Crippen LogP contribution in [0.4, 0.5) is 0 Å². The predicted molar refractivity (Wildman–Crippen MR) is 75.6 cm³/mol. The first-order chi connectivity index (χ1) is 9.60. The smallest absolute Gasteiger partial charge is 0.260 e. The van der Waals surface area contributed by atoms with Crippen molar-refractivity contribution in [2.75, 3.05) is 32.8 Å². The van der Waals surface area contributed by atoms with Crippen LogP contribution >= 0.6 is 0 Å². The van der Waals surface area contributed by atoms with Gasteiger partial charge in [-0.1, -0.05) is 6.07 Å². The van der Waals surface area contributed by atoms with Crippen LogP contribution in [0, 0.1) is 13.8 Å². The third-order valence-corrected chi connectivity index (χ3v) is 3.66. The van der Waals surface area contributed by atoms with Gasteiger partial charge in [0, 0.05) is 26.2 Å². The van der Waals surface area contributed by atoms with E-state index < -0.39 is 0 Å². The molecular formula is C15H20N2O3. The zero-order valence-corrected chi connectivity index (χ0v) is 12.0. The second kappa shape index (κ2) is 6.41. The number of carbonyl (C=O) groups excluding carboxylic acids is 2. The maximum Gasteiger partial charge on any atom is 0.260 e. The minimum atomic E-state index is -0.0335. The molecule has 0 spiro atoms. The number of amides is 2. The number of hydrogen-bond donors (Lipinski definition) is 0. The Morgan fingerprint density at radius 1 is 1.20 bits per heavy atom. The molecular weight excluding hydrogens is 256 g/mol. The predicted octanol–water partition coefficient (Wildman–Crippen LogP) is 0.983. The maximum atomic E-state index is 12.0. The van der Waals surface area contributed by atoms with Gasteiger partial charge in [-0.15, -0.1) is 0 Å².